The maximum Gasteiger partial charge on any atom is 0.00191 e. The summed E-state index contributed by atoms with van der Waals surface area (Å²) in [5, 5.41) is 0. The van der Waals surface area contributed by atoms with Gasteiger partial charge in [-0.25, -0.2) is 0 Å². The Morgan fingerprint density at radius 3 is 1.14 bits per heavy atom. The molecule has 0 rings (SSSR count). The third kappa shape index (κ3) is 125. The molecule has 0 saturated heterocycles. The number of hydrogen-bond donors (Lipinski definition) is 0. The molecule has 0 atom stereocenters. The minimum Gasteiger partial charge on any atom is -0.312 e. The molecule has 0 fully saturated rings. The van der Waals surface area contributed by atoms with Crippen molar-refractivity contribution in [3.8, 4) is 0 Å². The quantitative estimate of drug-likeness (QED) is 0.650. The van der Waals surface area contributed by atoms with E-state index < -0.39 is 0 Å². The van der Waals surface area contributed by atoms with Crippen LogP contribution in [0.5, 0.6) is 0 Å². The summed E-state index contributed by atoms with van der Waals surface area (Å²) in [6.45, 7) is 0. The Morgan fingerprint density at radius 1 is 1.14 bits per heavy atom. The van der Waals surface area contributed by atoms with Crippen molar-refractivity contribution in [1.82, 2.24) is 4.90 Å². The van der Waals surface area contributed by atoms with E-state index in [-0.39, 0.29) is 0 Å². The van der Waals surface area contributed by atoms with E-state index in [0.717, 1.165) is 0 Å². The van der Waals surface area contributed by atoms with Gasteiger partial charge in [0, 0.05) is 29.6 Å². The average Bonchev–Trinajstić information content (AvgIpc) is 1.33. The van der Waals surface area contributed by atoms with Crippen LogP contribution in [0.2, 0.25) is 0 Å². The van der Waals surface area contributed by atoms with Crippen molar-refractivity contribution in [1.29, 1.82) is 0 Å². The van der Waals surface area contributed by atoms with Crippen LogP contribution in [0.25, 0.3) is 0 Å². The van der Waals surface area contributed by atoms with Crippen molar-refractivity contribution in [2.75, 3.05) is 21.1 Å². The first-order chi connectivity index (χ1) is 3.15. The van der Waals surface area contributed by atoms with Crippen LogP contribution in [0.4, 0.5) is 0 Å². The fourth-order valence-corrected chi connectivity index (χ4v) is 0. The topological polar surface area (TPSA) is 3.24 Å². The molecule has 0 heterocycles. The Morgan fingerprint density at radius 2 is 1.14 bits per heavy atom. The van der Waals surface area contributed by atoms with E-state index in [4.69, 9.17) is 0 Å². The van der Waals surface area contributed by atoms with Gasteiger partial charge in [-0.15, -0.1) is 0 Å². The third-order valence-electron chi connectivity index (χ3n) is 0. The summed E-state index contributed by atoms with van der Waals surface area (Å²) in [4.78, 5) is 2.00. The molecule has 1 nitrogen and oxygen atoms in total. The standard InChI is InChI=1S/C3H9N.Br2S/c1-4(2)3;1-3-2/h1-3H3;. The lowest BCUT2D eigenvalue weighted by Crippen LogP contribution is -1.99. The van der Waals surface area contributed by atoms with Gasteiger partial charge in [-0.3, -0.25) is 0 Å². The smallest absolute Gasteiger partial charge is 0.00191 e. The fourth-order valence-electron chi connectivity index (χ4n) is 0. The summed E-state index contributed by atoms with van der Waals surface area (Å²) < 4.78 is 0. The van der Waals surface area contributed by atoms with Gasteiger partial charge in [0.05, 0.1) is 0 Å². The van der Waals surface area contributed by atoms with Gasteiger partial charge in [-0.05, 0) is 29.8 Å². The average molecular weight is 251 g/mol. The zero-order chi connectivity index (χ0) is 6.28. The zero-order valence-corrected chi connectivity index (χ0v) is 8.60. The van der Waals surface area contributed by atoms with Crippen LogP contribution >= 0.6 is 38.3 Å². The Kier molecular flexibility index (Phi) is 16.3. The van der Waals surface area contributed by atoms with Crippen LogP contribution in [0.1, 0.15) is 0 Å². The van der Waals surface area contributed by atoms with Crippen molar-refractivity contribution >= 4 is 38.3 Å². The first-order valence-electron chi connectivity index (χ1n) is 1.65. The molecule has 0 aromatic carbocycles. The molecule has 0 bridgehead atoms. The van der Waals surface area contributed by atoms with E-state index in [9.17, 15) is 0 Å². The highest BCUT2D eigenvalue weighted by Gasteiger charge is 1.58. The lowest BCUT2D eigenvalue weighted by molar-refractivity contribution is 0.505. The highest BCUT2D eigenvalue weighted by molar-refractivity contribution is 9.82. The zero-order valence-electron chi connectivity index (χ0n) is 4.61. The maximum absolute atomic E-state index is 2.98. The van der Waals surface area contributed by atoms with Gasteiger partial charge in [0.1, 0.15) is 0 Å². The van der Waals surface area contributed by atoms with Crippen LogP contribution in [-0.2, 0) is 0 Å². The lowest BCUT2D eigenvalue weighted by Gasteiger charge is -1.90. The minimum absolute atomic E-state index is 1.38. The molecule has 7 heavy (non-hydrogen) atoms. The van der Waals surface area contributed by atoms with Crippen LogP contribution in [0.3, 0.4) is 0 Å². The van der Waals surface area contributed by atoms with Crippen LogP contribution in [0, 0.1) is 0 Å². The Balaban J connectivity index is 0. The highest BCUT2D eigenvalue weighted by atomic mass is 79.9. The molecule has 0 aliphatic carbocycles. The Labute approximate surface area is 64.2 Å². The molecule has 0 aromatic heterocycles. The molecule has 0 aromatic rings. The SMILES string of the molecule is BrSBr.CN(C)C. The second kappa shape index (κ2) is 10.3. The van der Waals surface area contributed by atoms with Crippen LogP contribution < -0.4 is 0 Å². The molecule has 0 saturated carbocycles. The van der Waals surface area contributed by atoms with Crippen molar-refractivity contribution < 1.29 is 0 Å². The molecule has 0 unspecified atom stereocenters. The third-order valence-corrected chi connectivity index (χ3v) is 0. The van der Waals surface area contributed by atoms with Gasteiger partial charge in [0.25, 0.3) is 0 Å². The van der Waals surface area contributed by atoms with E-state index in [1.165, 1.54) is 8.63 Å². The lowest BCUT2D eigenvalue weighted by atomic mass is 11.0. The second-order valence-electron chi connectivity index (χ2n) is 1.40. The molecule has 0 aliphatic rings. The molecule has 0 spiro atoms. The van der Waals surface area contributed by atoms with Gasteiger partial charge in [0.15, 0.2) is 0 Å². The van der Waals surface area contributed by atoms with Gasteiger partial charge in [-0.1, -0.05) is 0 Å². The summed E-state index contributed by atoms with van der Waals surface area (Å²) in [6, 6.07) is 0. The summed E-state index contributed by atoms with van der Waals surface area (Å²) in [5.74, 6) is 0. The monoisotopic (exact) mass is 249 g/mol. The fraction of sp³-hybridized carbons (Fsp3) is 1.00. The van der Waals surface area contributed by atoms with Gasteiger partial charge < -0.3 is 4.90 Å². The summed E-state index contributed by atoms with van der Waals surface area (Å²) in [5.41, 5.74) is 0. The molecule has 0 amide bonds. The molecule has 0 N–H and O–H groups in total. The number of halogens is 2. The van der Waals surface area contributed by atoms with Crippen molar-refractivity contribution in [2.24, 2.45) is 0 Å². The van der Waals surface area contributed by atoms with E-state index >= 15 is 0 Å². The van der Waals surface area contributed by atoms with E-state index in [1.807, 2.05) is 26.0 Å². The van der Waals surface area contributed by atoms with E-state index in [2.05, 4.69) is 29.6 Å². The number of nitrogens with zero attached hydrogens (tertiary/aromatic N) is 1. The predicted octanol–water partition coefficient (Wildman–Crippen LogP) is 2.52. The van der Waals surface area contributed by atoms with E-state index in [0.29, 0.717) is 0 Å². The Hall–Kier alpha value is 1.27. The molecule has 46 valence electrons. The van der Waals surface area contributed by atoms with Crippen molar-refractivity contribution in [3.05, 3.63) is 0 Å². The van der Waals surface area contributed by atoms with Gasteiger partial charge >= 0.3 is 0 Å². The van der Waals surface area contributed by atoms with Gasteiger partial charge in [-0.2, -0.15) is 0 Å². The molecule has 4 heteroatoms. The number of hydrogen-bond acceptors (Lipinski definition) is 2. The first-order valence-corrected chi connectivity index (χ1v) is 6.15. The largest absolute Gasteiger partial charge is 0.312 e. The molecular weight excluding hydrogens is 242 g/mol. The second-order valence-corrected chi connectivity index (χ2v) is 6.07. The normalized spacial score (nSPS) is 7.71. The van der Waals surface area contributed by atoms with Crippen molar-refractivity contribution in [2.45, 2.75) is 0 Å². The number of rotatable bonds is 0. The van der Waals surface area contributed by atoms with Gasteiger partial charge in [0.2, 0.25) is 0 Å². The molecular formula is C3H9Br2NS. The molecule has 0 aliphatic heterocycles. The summed E-state index contributed by atoms with van der Waals surface area (Å²) >= 11 is 5.96. The predicted molar refractivity (Wildman–Crippen MR) is 45.1 cm³/mol. The highest BCUT2D eigenvalue weighted by Crippen LogP contribution is 2.17. The van der Waals surface area contributed by atoms with E-state index in [1.54, 1.807) is 0 Å². The van der Waals surface area contributed by atoms with Crippen LogP contribution in [0.15, 0.2) is 0 Å². The van der Waals surface area contributed by atoms with Crippen LogP contribution in [-0.4, -0.2) is 26.0 Å². The Bertz CT molecular complexity index is 24.1. The van der Waals surface area contributed by atoms with Crippen molar-refractivity contribution in [3.63, 3.8) is 0 Å². The maximum atomic E-state index is 2.98. The first kappa shape index (κ1) is 11.1. The molecule has 0 radical (unpaired) electrons. The summed E-state index contributed by atoms with van der Waals surface area (Å²) in [7, 11) is 7.38. The summed E-state index contributed by atoms with van der Waals surface area (Å²) in [6.07, 6.45) is 0. The minimum atomic E-state index is 1.38.